The summed E-state index contributed by atoms with van der Waals surface area (Å²) in [5, 5.41) is 9.79. The highest BCUT2D eigenvalue weighted by Crippen LogP contribution is 2.27. The van der Waals surface area contributed by atoms with E-state index in [0.29, 0.717) is 16.0 Å². The zero-order valence-electron chi connectivity index (χ0n) is 10.8. The maximum atomic E-state index is 12.3. The van der Waals surface area contributed by atoms with Crippen LogP contribution in [0.15, 0.2) is 22.7 Å². The van der Waals surface area contributed by atoms with E-state index < -0.39 is 0 Å². The lowest BCUT2D eigenvalue weighted by Crippen LogP contribution is -2.40. The first kappa shape index (κ1) is 14.7. The number of rotatable bonds is 2. The van der Waals surface area contributed by atoms with Crippen molar-refractivity contribution in [2.24, 2.45) is 5.92 Å². The molecule has 1 saturated heterocycles. The maximum absolute atomic E-state index is 12.3. The van der Waals surface area contributed by atoms with Crippen molar-refractivity contribution in [3.05, 3.63) is 28.2 Å². The van der Waals surface area contributed by atoms with Gasteiger partial charge in [-0.2, -0.15) is 0 Å². The van der Waals surface area contributed by atoms with Crippen LogP contribution in [-0.4, -0.2) is 34.4 Å². The Balaban J connectivity index is 2.03. The van der Waals surface area contributed by atoms with E-state index in [2.05, 4.69) is 15.9 Å². The summed E-state index contributed by atoms with van der Waals surface area (Å²) < 4.78 is 0.596. The van der Waals surface area contributed by atoms with Crippen LogP contribution < -0.4 is 0 Å². The smallest absolute Gasteiger partial charge is 0.253 e. The number of benzene rings is 1. The van der Waals surface area contributed by atoms with Crippen LogP contribution in [0.4, 0.5) is 0 Å². The van der Waals surface area contributed by atoms with Gasteiger partial charge >= 0.3 is 0 Å². The average Bonchev–Trinajstić information content (AvgIpc) is 2.41. The number of hydrogen-bond acceptors (Lipinski definition) is 2. The van der Waals surface area contributed by atoms with Gasteiger partial charge in [-0.1, -0.05) is 0 Å². The molecule has 1 aromatic carbocycles. The molecule has 19 heavy (non-hydrogen) atoms. The Bertz CT molecular complexity index is 471. The highest BCUT2D eigenvalue weighted by molar-refractivity contribution is 9.10. The molecular formula is C14H17BrClNO2. The normalized spacial score (nSPS) is 18.4. The molecule has 0 saturated carbocycles. The van der Waals surface area contributed by atoms with Crippen LogP contribution in [0.3, 0.4) is 0 Å². The molecule has 0 aliphatic carbocycles. The molecule has 104 valence electrons. The lowest BCUT2D eigenvalue weighted by atomic mass is 9.93. The standard InChI is InChI=1S/C14H17BrClNO2/c1-9(16)10-4-6-17(7-5-10)14(19)11-2-3-12(15)13(18)8-11/h2-3,8-10,18H,4-7H2,1H3. The van der Waals surface area contributed by atoms with Crippen molar-refractivity contribution in [1.29, 1.82) is 0 Å². The molecule has 0 spiro atoms. The molecule has 5 heteroatoms. The number of amides is 1. The van der Waals surface area contributed by atoms with Crippen molar-refractivity contribution in [3.63, 3.8) is 0 Å². The van der Waals surface area contributed by atoms with Gasteiger partial charge in [0.1, 0.15) is 5.75 Å². The monoisotopic (exact) mass is 345 g/mol. The van der Waals surface area contributed by atoms with E-state index in [1.807, 2.05) is 11.8 Å². The van der Waals surface area contributed by atoms with Crippen molar-refractivity contribution in [2.75, 3.05) is 13.1 Å². The predicted octanol–water partition coefficient (Wildman–Crippen LogP) is 3.63. The van der Waals surface area contributed by atoms with Gasteiger partial charge in [0.05, 0.1) is 4.47 Å². The van der Waals surface area contributed by atoms with Crippen LogP contribution in [0.5, 0.6) is 5.75 Å². The summed E-state index contributed by atoms with van der Waals surface area (Å²) in [7, 11) is 0. The number of piperidine rings is 1. The molecule has 1 fully saturated rings. The molecule has 0 bridgehead atoms. The van der Waals surface area contributed by atoms with Crippen LogP contribution in [-0.2, 0) is 0 Å². The lowest BCUT2D eigenvalue weighted by molar-refractivity contribution is 0.0689. The second kappa shape index (κ2) is 6.14. The van der Waals surface area contributed by atoms with Crippen LogP contribution in [0.25, 0.3) is 0 Å². The number of hydrogen-bond donors (Lipinski definition) is 1. The Hall–Kier alpha value is -0.740. The Morgan fingerprint density at radius 2 is 2.11 bits per heavy atom. The highest BCUT2D eigenvalue weighted by Gasteiger charge is 2.26. The zero-order chi connectivity index (χ0) is 14.0. The second-order valence-electron chi connectivity index (χ2n) is 4.97. The number of aromatic hydroxyl groups is 1. The van der Waals surface area contributed by atoms with Gasteiger partial charge in [-0.3, -0.25) is 4.79 Å². The van der Waals surface area contributed by atoms with E-state index in [1.165, 1.54) is 6.07 Å². The van der Waals surface area contributed by atoms with Crippen molar-refractivity contribution < 1.29 is 9.90 Å². The summed E-state index contributed by atoms with van der Waals surface area (Å²) >= 11 is 9.31. The second-order valence-corrected chi connectivity index (χ2v) is 6.52. The number of halogens is 2. The Morgan fingerprint density at radius 3 is 2.63 bits per heavy atom. The van der Waals surface area contributed by atoms with Crippen molar-refractivity contribution in [2.45, 2.75) is 25.1 Å². The van der Waals surface area contributed by atoms with Gasteiger partial charge in [0, 0.05) is 24.0 Å². The minimum Gasteiger partial charge on any atom is -0.507 e. The number of carbonyl (C=O) groups is 1. The Kier molecular flexibility index (Phi) is 4.74. The van der Waals surface area contributed by atoms with Gasteiger partial charge < -0.3 is 10.0 Å². The molecule has 0 aromatic heterocycles. The molecule has 1 amide bonds. The van der Waals surface area contributed by atoms with Crippen LogP contribution in [0, 0.1) is 5.92 Å². The lowest BCUT2D eigenvalue weighted by Gasteiger charge is -2.33. The summed E-state index contributed by atoms with van der Waals surface area (Å²) in [6, 6.07) is 4.92. The number of likely N-dealkylation sites (tertiary alicyclic amines) is 1. The van der Waals surface area contributed by atoms with Gasteiger partial charge in [-0.15, -0.1) is 11.6 Å². The number of phenols is 1. The van der Waals surface area contributed by atoms with Crippen LogP contribution in [0.2, 0.25) is 0 Å². The summed E-state index contributed by atoms with van der Waals surface area (Å²) in [5.74, 6) is 0.558. The molecule has 0 radical (unpaired) electrons. The van der Waals surface area contributed by atoms with Gasteiger partial charge in [-0.25, -0.2) is 0 Å². The van der Waals surface area contributed by atoms with Crippen molar-refractivity contribution >= 4 is 33.4 Å². The van der Waals surface area contributed by atoms with Crippen LogP contribution in [0.1, 0.15) is 30.1 Å². The number of carbonyl (C=O) groups excluding carboxylic acids is 1. The Labute approximate surface area is 126 Å². The van der Waals surface area contributed by atoms with E-state index in [1.54, 1.807) is 12.1 Å². The number of nitrogens with zero attached hydrogens (tertiary/aromatic N) is 1. The quantitative estimate of drug-likeness (QED) is 0.831. The molecule has 1 aliphatic heterocycles. The fraction of sp³-hybridized carbons (Fsp3) is 0.500. The molecule has 1 unspecified atom stereocenters. The van der Waals surface area contributed by atoms with Crippen molar-refractivity contribution in [3.8, 4) is 5.75 Å². The Morgan fingerprint density at radius 1 is 1.47 bits per heavy atom. The fourth-order valence-corrected chi connectivity index (χ4v) is 2.89. The summed E-state index contributed by atoms with van der Waals surface area (Å²) in [5.41, 5.74) is 0.526. The third-order valence-corrected chi connectivity index (χ3v) is 4.70. The fourth-order valence-electron chi connectivity index (χ4n) is 2.39. The largest absolute Gasteiger partial charge is 0.507 e. The first-order valence-electron chi connectivity index (χ1n) is 6.41. The highest BCUT2D eigenvalue weighted by atomic mass is 79.9. The summed E-state index contributed by atoms with van der Waals surface area (Å²) in [4.78, 5) is 14.1. The van der Waals surface area contributed by atoms with Crippen molar-refractivity contribution in [1.82, 2.24) is 4.90 Å². The molecule has 1 aliphatic rings. The van der Waals surface area contributed by atoms with E-state index in [-0.39, 0.29) is 17.0 Å². The van der Waals surface area contributed by atoms with Gasteiger partial charge in [0.25, 0.3) is 5.91 Å². The average molecular weight is 347 g/mol. The molecule has 2 rings (SSSR count). The van der Waals surface area contributed by atoms with E-state index in [4.69, 9.17) is 11.6 Å². The van der Waals surface area contributed by atoms with E-state index in [0.717, 1.165) is 25.9 Å². The minimum atomic E-state index is -0.0246. The molecule has 1 N–H and O–H groups in total. The number of phenolic OH excluding ortho intramolecular Hbond substituents is 1. The topological polar surface area (TPSA) is 40.5 Å². The predicted molar refractivity (Wildman–Crippen MR) is 79.7 cm³/mol. The maximum Gasteiger partial charge on any atom is 0.253 e. The molecule has 1 heterocycles. The third kappa shape index (κ3) is 3.42. The summed E-state index contributed by atoms with van der Waals surface area (Å²) in [6.07, 6.45) is 1.89. The third-order valence-electron chi connectivity index (χ3n) is 3.67. The first-order valence-corrected chi connectivity index (χ1v) is 7.64. The molecule has 3 nitrogen and oxygen atoms in total. The molecular weight excluding hydrogens is 330 g/mol. The molecule has 1 atom stereocenters. The van der Waals surface area contributed by atoms with Crippen LogP contribution >= 0.6 is 27.5 Å². The van der Waals surface area contributed by atoms with Gasteiger partial charge in [-0.05, 0) is 59.8 Å². The van der Waals surface area contributed by atoms with E-state index in [9.17, 15) is 9.90 Å². The van der Waals surface area contributed by atoms with E-state index >= 15 is 0 Å². The number of alkyl halides is 1. The minimum absolute atomic E-state index is 0.0246. The molecule has 1 aromatic rings. The SMILES string of the molecule is CC(Cl)C1CCN(C(=O)c2ccc(Br)c(O)c2)CC1. The van der Waals surface area contributed by atoms with Gasteiger partial charge in [0.2, 0.25) is 0 Å². The summed E-state index contributed by atoms with van der Waals surface area (Å²) in [6.45, 7) is 3.48. The zero-order valence-corrected chi connectivity index (χ0v) is 13.1. The van der Waals surface area contributed by atoms with Gasteiger partial charge in [0.15, 0.2) is 0 Å². The first-order chi connectivity index (χ1) is 8.99.